The van der Waals surface area contributed by atoms with Crippen molar-refractivity contribution in [2.75, 3.05) is 19.1 Å². The first-order valence-corrected chi connectivity index (χ1v) is 10.0. The van der Waals surface area contributed by atoms with Crippen molar-refractivity contribution in [1.82, 2.24) is 5.43 Å². The molecule has 1 aliphatic heterocycles. The number of anilines is 1. The van der Waals surface area contributed by atoms with Crippen LogP contribution in [0.1, 0.15) is 55.4 Å². The molecule has 154 valence electrons. The number of rotatable bonds is 5. The lowest BCUT2D eigenvalue weighted by molar-refractivity contribution is -0.120. The van der Waals surface area contributed by atoms with Crippen LogP contribution in [-0.2, 0) is 11.2 Å². The molecule has 3 rings (SSSR count). The number of amides is 1. The minimum atomic E-state index is -0.153. The molecule has 1 aliphatic rings. The standard InChI is InChI=1S/C24H31N3O2/c1-16-10-22-21(17(2)14-24(3,4)27(22)5)13-19(16)15-25-26-23(28)12-18-8-7-9-20(11-18)29-6/h7-11,13,15,17H,12,14H2,1-6H3,(H,26,28)/b25-15+. The highest BCUT2D eigenvalue weighted by atomic mass is 16.5. The Balaban J connectivity index is 1.71. The molecule has 0 saturated carbocycles. The molecule has 1 unspecified atom stereocenters. The average Bonchev–Trinajstić information content (AvgIpc) is 2.67. The van der Waals surface area contributed by atoms with Crippen molar-refractivity contribution in [1.29, 1.82) is 0 Å². The number of hydrogen-bond donors (Lipinski definition) is 1. The van der Waals surface area contributed by atoms with Gasteiger partial charge in [-0.1, -0.05) is 19.1 Å². The van der Waals surface area contributed by atoms with Gasteiger partial charge in [0, 0.05) is 18.3 Å². The number of nitrogens with one attached hydrogen (secondary N) is 1. The number of benzene rings is 2. The van der Waals surface area contributed by atoms with E-state index < -0.39 is 0 Å². The van der Waals surface area contributed by atoms with Crippen molar-refractivity contribution in [2.45, 2.75) is 52.0 Å². The van der Waals surface area contributed by atoms with Crippen LogP contribution in [0, 0.1) is 6.92 Å². The van der Waals surface area contributed by atoms with E-state index >= 15 is 0 Å². The number of aryl methyl sites for hydroxylation is 1. The highest BCUT2D eigenvalue weighted by molar-refractivity contribution is 5.86. The number of fused-ring (bicyclic) bond motifs is 1. The number of hydrazone groups is 1. The van der Waals surface area contributed by atoms with E-state index in [1.54, 1.807) is 13.3 Å². The summed E-state index contributed by atoms with van der Waals surface area (Å²) in [6.45, 7) is 8.93. The smallest absolute Gasteiger partial charge is 0.244 e. The van der Waals surface area contributed by atoms with E-state index in [2.05, 4.69) is 62.3 Å². The zero-order valence-corrected chi connectivity index (χ0v) is 18.2. The lowest BCUT2D eigenvalue weighted by atomic mass is 9.79. The second-order valence-electron chi connectivity index (χ2n) is 8.57. The molecular formula is C24H31N3O2. The number of carbonyl (C=O) groups is 1. The van der Waals surface area contributed by atoms with Gasteiger partial charge < -0.3 is 9.64 Å². The largest absolute Gasteiger partial charge is 0.497 e. The fourth-order valence-electron chi connectivity index (χ4n) is 4.05. The third-order valence-electron chi connectivity index (χ3n) is 5.91. The fourth-order valence-corrected chi connectivity index (χ4v) is 4.05. The first kappa shape index (κ1) is 20.9. The van der Waals surface area contributed by atoms with Crippen molar-refractivity contribution in [3.63, 3.8) is 0 Å². The number of ether oxygens (including phenoxy) is 1. The third kappa shape index (κ3) is 4.61. The molecule has 1 amide bonds. The molecule has 0 fully saturated rings. The molecule has 5 heteroatoms. The van der Waals surface area contributed by atoms with Gasteiger partial charge in [-0.05, 0) is 79.6 Å². The van der Waals surface area contributed by atoms with Gasteiger partial charge >= 0.3 is 0 Å². The van der Waals surface area contributed by atoms with Crippen molar-refractivity contribution in [3.8, 4) is 5.75 Å². The Hall–Kier alpha value is -2.82. The van der Waals surface area contributed by atoms with Gasteiger partial charge in [0.1, 0.15) is 5.75 Å². The zero-order chi connectivity index (χ0) is 21.2. The molecule has 1 atom stereocenters. The monoisotopic (exact) mass is 393 g/mol. The summed E-state index contributed by atoms with van der Waals surface area (Å²) in [6, 6.07) is 11.9. The Morgan fingerprint density at radius 2 is 2.10 bits per heavy atom. The average molecular weight is 394 g/mol. The van der Waals surface area contributed by atoms with Crippen molar-refractivity contribution in [2.24, 2.45) is 5.10 Å². The van der Waals surface area contributed by atoms with Gasteiger partial charge in [-0.3, -0.25) is 4.79 Å². The third-order valence-corrected chi connectivity index (χ3v) is 5.91. The van der Waals surface area contributed by atoms with E-state index in [1.807, 2.05) is 24.3 Å². The topological polar surface area (TPSA) is 53.9 Å². The van der Waals surface area contributed by atoms with Gasteiger partial charge in [-0.15, -0.1) is 0 Å². The van der Waals surface area contributed by atoms with Gasteiger partial charge in [0.15, 0.2) is 0 Å². The summed E-state index contributed by atoms with van der Waals surface area (Å²) in [5.74, 6) is 1.07. The summed E-state index contributed by atoms with van der Waals surface area (Å²) in [6.07, 6.45) is 3.10. The molecule has 2 aromatic rings. The van der Waals surface area contributed by atoms with E-state index in [4.69, 9.17) is 4.74 Å². The molecule has 2 aromatic carbocycles. The van der Waals surface area contributed by atoms with E-state index in [-0.39, 0.29) is 17.9 Å². The van der Waals surface area contributed by atoms with E-state index in [9.17, 15) is 4.79 Å². The molecule has 1 heterocycles. The van der Waals surface area contributed by atoms with Gasteiger partial charge in [0.25, 0.3) is 0 Å². The van der Waals surface area contributed by atoms with Crippen LogP contribution in [0.2, 0.25) is 0 Å². The molecule has 29 heavy (non-hydrogen) atoms. The van der Waals surface area contributed by atoms with Gasteiger partial charge in [-0.2, -0.15) is 5.10 Å². The molecule has 0 saturated heterocycles. The van der Waals surface area contributed by atoms with Crippen LogP contribution in [0.4, 0.5) is 5.69 Å². The molecule has 5 nitrogen and oxygen atoms in total. The van der Waals surface area contributed by atoms with Gasteiger partial charge in [-0.25, -0.2) is 5.43 Å². The lowest BCUT2D eigenvalue weighted by Crippen LogP contribution is -2.45. The number of hydrogen-bond acceptors (Lipinski definition) is 4. The minimum absolute atomic E-state index is 0.141. The molecule has 0 aliphatic carbocycles. The maximum atomic E-state index is 12.2. The summed E-state index contributed by atoms with van der Waals surface area (Å²) < 4.78 is 5.20. The van der Waals surface area contributed by atoms with Crippen LogP contribution in [0.15, 0.2) is 41.5 Å². The van der Waals surface area contributed by atoms with Crippen LogP contribution in [-0.4, -0.2) is 31.8 Å². The van der Waals surface area contributed by atoms with E-state index in [0.29, 0.717) is 5.92 Å². The maximum Gasteiger partial charge on any atom is 0.244 e. The summed E-state index contributed by atoms with van der Waals surface area (Å²) in [7, 11) is 3.78. The summed E-state index contributed by atoms with van der Waals surface area (Å²) >= 11 is 0. The van der Waals surface area contributed by atoms with Crippen molar-refractivity contribution < 1.29 is 9.53 Å². The molecule has 0 spiro atoms. The Kier molecular flexibility index (Phi) is 5.96. The van der Waals surface area contributed by atoms with Crippen LogP contribution >= 0.6 is 0 Å². The minimum Gasteiger partial charge on any atom is -0.497 e. The molecular weight excluding hydrogens is 362 g/mol. The van der Waals surface area contributed by atoms with Crippen LogP contribution in [0.25, 0.3) is 0 Å². The van der Waals surface area contributed by atoms with Crippen LogP contribution in [0.5, 0.6) is 5.75 Å². The maximum absolute atomic E-state index is 12.2. The summed E-state index contributed by atoms with van der Waals surface area (Å²) in [4.78, 5) is 14.6. The normalized spacial score (nSPS) is 17.9. The summed E-state index contributed by atoms with van der Waals surface area (Å²) in [5, 5.41) is 4.19. The predicted molar refractivity (Wildman–Crippen MR) is 119 cm³/mol. The number of carbonyl (C=O) groups excluding carboxylic acids is 1. The van der Waals surface area contributed by atoms with Crippen LogP contribution < -0.4 is 15.1 Å². The second kappa shape index (κ2) is 8.27. The molecule has 0 radical (unpaired) electrons. The highest BCUT2D eigenvalue weighted by Crippen LogP contribution is 2.43. The van der Waals surface area contributed by atoms with Crippen LogP contribution in [0.3, 0.4) is 0 Å². The number of nitrogens with zero attached hydrogens (tertiary/aromatic N) is 2. The van der Waals surface area contributed by atoms with E-state index in [1.165, 1.54) is 11.3 Å². The first-order valence-electron chi connectivity index (χ1n) is 10.0. The Labute approximate surface area is 173 Å². The second-order valence-corrected chi connectivity index (χ2v) is 8.57. The Morgan fingerprint density at radius 3 is 2.83 bits per heavy atom. The van der Waals surface area contributed by atoms with E-state index in [0.717, 1.165) is 28.9 Å². The quantitative estimate of drug-likeness (QED) is 0.604. The number of methoxy groups -OCH3 is 1. The molecule has 0 aromatic heterocycles. The molecule has 0 bridgehead atoms. The Morgan fingerprint density at radius 1 is 1.34 bits per heavy atom. The van der Waals surface area contributed by atoms with Gasteiger partial charge in [0.2, 0.25) is 5.91 Å². The van der Waals surface area contributed by atoms with Gasteiger partial charge in [0.05, 0.1) is 19.7 Å². The highest BCUT2D eigenvalue weighted by Gasteiger charge is 2.34. The SMILES string of the molecule is COc1cccc(CC(=O)N/N=C/c2cc3c(cc2C)N(C)C(C)(C)CC3C)c1. The zero-order valence-electron chi connectivity index (χ0n) is 18.2. The lowest BCUT2D eigenvalue weighted by Gasteiger charge is -2.45. The predicted octanol–water partition coefficient (Wildman–Crippen LogP) is 4.42. The Bertz CT molecular complexity index is 934. The van der Waals surface area contributed by atoms with Crippen molar-refractivity contribution >= 4 is 17.8 Å². The van der Waals surface area contributed by atoms with Crippen molar-refractivity contribution in [3.05, 3.63) is 58.7 Å². The summed E-state index contributed by atoms with van der Waals surface area (Å²) in [5.41, 5.74) is 8.46. The first-order chi connectivity index (χ1) is 13.7. The fraction of sp³-hybridized carbons (Fsp3) is 0.417. The molecule has 1 N–H and O–H groups in total.